The summed E-state index contributed by atoms with van der Waals surface area (Å²) in [6, 6.07) is 19.8. The average molecular weight is 361 g/mol. The van der Waals surface area contributed by atoms with Crippen molar-refractivity contribution < 1.29 is 18.5 Å². The molecule has 1 N–H and O–H groups in total. The summed E-state index contributed by atoms with van der Waals surface area (Å²) >= 11 is 0. The molecule has 4 rings (SSSR count). The van der Waals surface area contributed by atoms with Crippen LogP contribution in [-0.4, -0.2) is 22.7 Å². The highest BCUT2D eigenvalue weighted by molar-refractivity contribution is 5.91. The van der Waals surface area contributed by atoms with Crippen LogP contribution in [0.2, 0.25) is 0 Å². The number of anilines is 1. The van der Waals surface area contributed by atoms with E-state index in [9.17, 15) is 4.79 Å². The van der Waals surface area contributed by atoms with Crippen molar-refractivity contribution in [2.24, 2.45) is 0 Å². The van der Waals surface area contributed by atoms with Crippen LogP contribution in [0.25, 0.3) is 23.0 Å². The Kier molecular flexibility index (Phi) is 4.65. The van der Waals surface area contributed by atoms with Crippen molar-refractivity contribution in [3.63, 3.8) is 0 Å². The zero-order valence-corrected chi connectivity index (χ0v) is 14.2. The largest absolute Gasteiger partial charge is 0.484 e. The van der Waals surface area contributed by atoms with Crippen LogP contribution in [0, 0.1) is 0 Å². The minimum Gasteiger partial charge on any atom is -0.484 e. The SMILES string of the molecule is O=C(COc1cccc(-c2noc(-c3ccco3)n2)c1)Nc1ccccc1. The van der Waals surface area contributed by atoms with Gasteiger partial charge in [-0.25, -0.2) is 0 Å². The molecule has 0 aliphatic rings. The first-order valence-electron chi connectivity index (χ1n) is 8.24. The molecule has 2 aromatic heterocycles. The fourth-order valence-corrected chi connectivity index (χ4v) is 2.43. The lowest BCUT2D eigenvalue weighted by atomic mass is 10.2. The van der Waals surface area contributed by atoms with Crippen molar-refractivity contribution >= 4 is 11.6 Å². The minimum absolute atomic E-state index is 0.109. The molecule has 2 heterocycles. The Balaban J connectivity index is 1.41. The van der Waals surface area contributed by atoms with Crippen LogP contribution in [0.5, 0.6) is 5.75 Å². The van der Waals surface area contributed by atoms with Crippen LogP contribution >= 0.6 is 0 Å². The van der Waals surface area contributed by atoms with Gasteiger partial charge in [-0.1, -0.05) is 35.5 Å². The van der Waals surface area contributed by atoms with E-state index in [0.717, 1.165) is 5.69 Å². The van der Waals surface area contributed by atoms with E-state index in [2.05, 4.69) is 15.5 Å². The fourth-order valence-electron chi connectivity index (χ4n) is 2.43. The molecule has 0 saturated heterocycles. The number of para-hydroxylation sites is 1. The molecule has 0 bridgehead atoms. The highest BCUT2D eigenvalue weighted by Gasteiger charge is 2.13. The van der Waals surface area contributed by atoms with Crippen LogP contribution in [-0.2, 0) is 4.79 Å². The lowest BCUT2D eigenvalue weighted by molar-refractivity contribution is -0.118. The molecule has 0 atom stereocenters. The van der Waals surface area contributed by atoms with Crippen molar-refractivity contribution in [2.45, 2.75) is 0 Å². The zero-order chi connectivity index (χ0) is 18.5. The monoisotopic (exact) mass is 361 g/mol. The predicted molar refractivity (Wildman–Crippen MR) is 98.0 cm³/mol. The first kappa shape index (κ1) is 16.6. The molecule has 27 heavy (non-hydrogen) atoms. The molecule has 2 aromatic carbocycles. The Morgan fingerprint density at radius 1 is 1.04 bits per heavy atom. The summed E-state index contributed by atoms with van der Waals surface area (Å²) in [4.78, 5) is 16.3. The van der Waals surface area contributed by atoms with Crippen molar-refractivity contribution in [1.82, 2.24) is 10.1 Å². The molecule has 0 saturated carbocycles. The average Bonchev–Trinajstić information content (AvgIpc) is 3.39. The Morgan fingerprint density at radius 2 is 1.93 bits per heavy atom. The second-order valence-electron chi connectivity index (χ2n) is 5.63. The highest BCUT2D eigenvalue weighted by Crippen LogP contribution is 2.25. The number of aromatic nitrogens is 2. The normalized spacial score (nSPS) is 10.5. The lowest BCUT2D eigenvalue weighted by Crippen LogP contribution is -2.20. The van der Waals surface area contributed by atoms with E-state index in [-0.39, 0.29) is 12.5 Å². The molecular formula is C20H15N3O4. The van der Waals surface area contributed by atoms with Crippen LogP contribution in [0.3, 0.4) is 0 Å². The zero-order valence-electron chi connectivity index (χ0n) is 14.2. The third-order valence-electron chi connectivity index (χ3n) is 3.68. The predicted octanol–water partition coefficient (Wildman–Crippen LogP) is 4.01. The number of amides is 1. The number of hydrogen-bond donors (Lipinski definition) is 1. The van der Waals surface area contributed by atoms with Gasteiger partial charge in [-0.15, -0.1) is 0 Å². The van der Waals surface area contributed by atoms with E-state index in [4.69, 9.17) is 13.7 Å². The number of rotatable bonds is 6. The topological polar surface area (TPSA) is 90.4 Å². The molecule has 0 fully saturated rings. The Bertz CT molecular complexity index is 1030. The van der Waals surface area contributed by atoms with Gasteiger partial charge in [0, 0.05) is 11.3 Å². The van der Waals surface area contributed by atoms with Gasteiger partial charge in [0.2, 0.25) is 5.82 Å². The smallest absolute Gasteiger partial charge is 0.293 e. The molecule has 1 amide bonds. The van der Waals surface area contributed by atoms with Crippen molar-refractivity contribution in [3.8, 4) is 28.8 Å². The number of ether oxygens (including phenoxy) is 1. The van der Waals surface area contributed by atoms with Crippen molar-refractivity contribution in [3.05, 3.63) is 73.0 Å². The summed E-state index contributed by atoms with van der Waals surface area (Å²) in [6.07, 6.45) is 1.54. The standard InChI is InChI=1S/C20H15N3O4/c24-18(21-15-7-2-1-3-8-15)13-26-16-9-4-6-14(12-16)19-22-20(27-23-19)17-10-5-11-25-17/h1-12H,13H2,(H,21,24). The third-order valence-corrected chi connectivity index (χ3v) is 3.68. The Labute approximate surface area is 154 Å². The number of furan rings is 1. The maximum Gasteiger partial charge on any atom is 0.293 e. The van der Waals surface area contributed by atoms with Crippen LogP contribution in [0.1, 0.15) is 0 Å². The summed E-state index contributed by atoms with van der Waals surface area (Å²) in [5, 5.41) is 6.72. The van der Waals surface area contributed by atoms with E-state index in [1.54, 1.807) is 30.3 Å². The first-order valence-corrected chi connectivity index (χ1v) is 8.24. The number of nitrogens with one attached hydrogen (secondary N) is 1. The van der Waals surface area contributed by atoms with Gasteiger partial charge in [-0.05, 0) is 36.4 Å². The van der Waals surface area contributed by atoms with Crippen LogP contribution in [0.15, 0.2) is 81.9 Å². The summed E-state index contributed by atoms with van der Waals surface area (Å²) in [5.41, 5.74) is 1.43. The van der Waals surface area contributed by atoms with E-state index >= 15 is 0 Å². The third kappa shape index (κ3) is 4.04. The van der Waals surface area contributed by atoms with Gasteiger partial charge in [0.25, 0.3) is 11.8 Å². The highest BCUT2D eigenvalue weighted by atomic mass is 16.5. The van der Waals surface area contributed by atoms with Gasteiger partial charge in [-0.2, -0.15) is 4.98 Å². The molecule has 0 spiro atoms. The van der Waals surface area contributed by atoms with E-state index < -0.39 is 0 Å². The molecule has 0 radical (unpaired) electrons. The number of hydrogen-bond acceptors (Lipinski definition) is 6. The van der Waals surface area contributed by atoms with E-state index in [1.165, 1.54) is 6.26 Å². The molecule has 0 unspecified atom stereocenters. The lowest BCUT2D eigenvalue weighted by Gasteiger charge is -2.08. The summed E-state index contributed by atoms with van der Waals surface area (Å²) in [5.74, 6) is 1.48. The molecule has 7 nitrogen and oxygen atoms in total. The van der Waals surface area contributed by atoms with E-state index in [0.29, 0.717) is 28.8 Å². The summed E-state index contributed by atoms with van der Waals surface area (Å²) in [7, 11) is 0. The van der Waals surface area contributed by atoms with Gasteiger partial charge < -0.3 is 19.0 Å². The molecule has 7 heteroatoms. The Hall–Kier alpha value is -3.87. The quantitative estimate of drug-likeness (QED) is 0.558. The molecule has 4 aromatic rings. The second kappa shape index (κ2) is 7.57. The van der Waals surface area contributed by atoms with Crippen molar-refractivity contribution in [2.75, 3.05) is 11.9 Å². The maximum atomic E-state index is 12.0. The first-order chi connectivity index (χ1) is 13.3. The Morgan fingerprint density at radius 3 is 2.74 bits per heavy atom. The van der Waals surface area contributed by atoms with Crippen LogP contribution < -0.4 is 10.1 Å². The number of benzene rings is 2. The molecular weight excluding hydrogens is 346 g/mol. The van der Waals surface area contributed by atoms with Gasteiger partial charge in [0.1, 0.15) is 5.75 Å². The van der Waals surface area contributed by atoms with Gasteiger partial charge in [0.15, 0.2) is 12.4 Å². The molecule has 0 aliphatic carbocycles. The maximum absolute atomic E-state index is 12.0. The molecule has 134 valence electrons. The summed E-state index contributed by atoms with van der Waals surface area (Å²) < 4.78 is 16.0. The van der Waals surface area contributed by atoms with Gasteiger partial charge in [-0.3, -0.25) is 4.79 Å². The van der Waals surface area contributed by atoms with Gasteiger partial charge in [0.05, 0.1) is 6.26 Å². The second-order valence-corrected chi connectivity index (χ2v) is 5.63. The fraction of sp³-hybridized carbons (Fsp3) is 0.0500. The van der Waals surface area contributed by atoms with Crippen molar-refractivity contribution in [1.29, 1.82) is 0 Å². The van der Waals surface area contributed by atoms with Crippen LogP contribution in [0.4, 0.5) is 5.69 Å². The van der Waals surface area contributed by atoms with E-state index in [1.807, 2.05) is 36.4 Å². The number of nitrogens with zero attached hydrogens (tertiary/aromatic N) is 2. The minimum atomic E-state index is -0.244. The number of carbonyl (C=O) groups is 1. The number of carbonyl (C=O) groups excluding carboxylic acids is 1. The summed E-state index contributed by atoms with van der Waals surface area (Å²) in [6.45, 7) is -0.109. The van der Waals surface area contributed by atoms with Gasteiger partial charge >= 0.3 is 0 Å². The molecule has 0 aliphatic heterocycles.